The van der Waals surface area contributed by atoms with E-state index in [4.69, 9.17) is 16.3 Å². The molecule has 1 fully saturated rings. The molecule has 12 heteroatoms. The van der Waals surface area contributed by atoms with Crippen LogP contribution in [0.2, 0.25) is 5.02 Å². The summed E-state index contributed by atoms with van der Waals surface area (Å²) in [6.07, 6.45) is 2.64. The van der Waals surface area contributed by atoms with Crippen molar-refractivity contribution in [3.05, 3.63) is 51.2 Å². The van der Waals surface area contributed by atoms with E-state index in [1.54, 1.807) is 8.87 Å². The van der Waals surface area contributed by atoms with Crippen LogP contribution in [0.25, 0.3) is 0 Å². The zero-order chi connectivity index (χ0) is 22.9. The van der Waals surface area contributed by atoms with Gasteiger partial charge >= 0.3 is 11.8 Å². The summed E-state index contributed by atoms with van der Waals surface area (Å²) >= 11 is 5.89. The first-order chi connectivity index (χ1) is 15.1. The van der Waals surface area contributed by atoms with Gasteiger partial charge in [-0.2, -0.15) is 4.31 Å². The van der Waals surface area contributed by atoms with Gasteiger partial charge in [-0.3, -0.25) is 9.47 Å². The molecule has 2 aliphatic rings. The number of halogens is 1. The normalized spacial score (nSPS) is 21.9. The summed E-state index contributed by atoms with van der Waals surface area (Å²) in [5.74, 6) is -0.104. The van der Waals surface area contributed by atoms with Crippen molar-refractivity contribution in [1.82, 2.24) is 18.8 Å². The van der Waals surface area contributed by atoms with Crippen LogP contribution in [-0.2, 0) is 23.0 Å². The van der Waals surface area contributed by atoms with Crippen LogP contribution in [0, 0.1) is 10.1 Å². The first kappa shape index (κ1) is 23.0. The Balaban J connectivity index is 1.24. The molecule has 0 N–H and O–H groups in total. The third-order valence-corrected chi connectivity index (χ3v) is 8.03. The van der Waals surface area contributed by atoms with Crippen LogP contribution >= 0.6 is 11.6 Å². The molecule has 4 rings (SSSR count). The number of aromatic nitrogens is 2. The average Bonchev–Trinajstić information content (AvgIpc) is 3.25. The second kappa shape index (κ2) is 8.97. The highest BCUT2D eigenvalue weighted by molar-refractivity contribution is 7.89. The van der Waals surface area contributed by atoms with E-state index in [-0.39, 0.29) is 17.6 Å². The molecule has 0 amide bonds. The fourth-order valence-corrected chi connectivity index (χ4v) is 5.85. The Hall–Kier alpha value is -2.21. The molecule has 2 aromatic rings. The number of fused-ring (bicyclic) bond motifs is 1. The zero-order valence-electron chi connectivity index (χ0n) is 17.8. The summed E-state index contributed by atoms with van der Waals surface area (Å²) in [5.41, 5.74) is 0.515. The third-order valence-electron chi connectivity index (χ3n) is 5.82. The predicted molar refractivity (Wildman–Crippen MR) is 119 cm³/mol. The van der Waals surface area contributed by atoms with Gasteiger partial charge in [-0.05, 0) is 42.4 Å². The Kier molecular flexibility index (Phi) is 6.44. The smallest absolute Gasteiger partial charge is 0.415 e. The molecule has 1 saturated heterocycles. The number of piperazine rings is 1. The van der Waals surface area contributed by atoms with Crippen LogP contribution in [0.5, 0.6) is 6.01 Å². The molecule has 1 atom stereocenters. The van der Waals surface area contributed by atoms with Gasteiger partial charge in [0, 0.05) is 42.7 Å². The van der Waals surface area contributed by atoms with Gasteiger partial charge in [0.2, 0.25) is 10.0 Å². The summed E-state index contributed by atoms with van der Waals surface area (Å²) in [7, 11) is -3.30. The molecule has 0 bridgehead atoms. The number of nitrogens with zero attached hydrogens (tertiary/aromatic N) is 5. The van der Waals surface area contributed by atoms with Gasteiger partial charge in [0.1, 0.15) is 11.8 Å². The fraction of sp³-hybridized carbons (Fsp3) is 0.550. The molecule has 10 nitrogen and oxygen atoms in total. The SMILES string of the molecule is CC1(CN2CCN(S(=O)(=O)CCCc3ccc(Cl)cc3)CC2)Cn2cc([N+](=O)[O-])nc2O1. The largest absolute Gasteiger partial charge is 0.436 e. The maximum atomic E-state index is 12.7. The van der Waals surface area contributed by atoms with Gasteiger partial charge in [-0.1, -0.05) is 23.7 Å². The lowest BCUT2D eigenvalue weighted by molar-refractivity contribution is -0.389. The number of aryl methyl sites for hydroxylation is 1. The minimum absolute atomic E-state index is 0.121. The molecular weight excluding hydrogens is 458 g/mol. The number of hydrogen-bond donors (Lipinski definition) is 0. The lowest BCUT2D eigenvalue weighted by Gasteiger charge is -2.37. The highest BCUT2D eigenvalue weighted by atomic mass is 35.5. The molecule has 174 valence electrons. The minimum Gasteiger partial charge on any atom is -0.436 e. The monoisotopic (exact) mass is 483 g/mol. The number of imidazole rings is 1. The predicted octanol–water partition coefficient (Wildman–Crippen LogP) is 2.18. The zero-order valence-corrected chi connectivity index (χ0v) is 19.4. The molecule has 32 heavy (non-hydrogen) atoms. The number of rotatable bonds is 8. The first-order valence-corrected chi connectivity index (χ1v) is 12.5. The van der Waals surface area contributed by atoms with Crippen molar-refractivity contribution in [3.63, 3.8) is 0 Å². The maximum Gasteiger partial charge on any atom is 0.415 e. The molecule has 2 aliphatic heterocycles. The van der Waals surface area contributed by atoms with E-state index >= 15 is 0 Å². The lowest BCUT2D eigenvalue weighted by Crippen LogP contribution is -2.54. The summed E-state index contributed by atoms with van der Waals surface area (Å²) in [6, 6.07) is 7.72. The topological polar surface area (TPSA) is 111 Å². The molecule has 1 aromatic carbocycles. The first-order valence-electron chi connectivity index (χ1n) is 10.5. The molecular formula is C20H26ClN5O5S. The van der Waals surface area contributed by atoms with E-state index in [9.17, 15) is 18.5 Å². The van der Waals surface area contributed by atoms with Crippen molar-refractivity contribution in [1.29, 1.82) is 0 Å². The fourth-order valence-electron chi connectivity index (χ4n) is 4.24. The summed E-state index contributed by atoms with van der Waals surface area (Å²) in [4.78, 5) is 16.4. The summed E-state index contributed by atoms with van der Waals surface area (Å²) in [5, 5.41) is 11.5. The summed E-state index contributed by atoms with van der Waals surface area (Å²) < 4.78 is 34.6. The molecule has 1 unspecified atom stereocenters. The van der Waals surface area contributed by atoms with E-state index in [1.165, 1.54) is 6.20 Å². The second-order valence-corrected chi connectivity index (χ2v) is 11.1. The molecule has 0 spiro atoms. The van der Waals surface area contributed by atoms with Gasteiger partial charge in [0.15, 0.2) is 0 Å². The Labute approximate surface area is 191 Å². The molecule has 1 aromatic heterocycles. The highest BCUT2D eigenvalue weighted by Gasteiger charge is 2.42. The average molecular weight is 484 g/mol. The third kappa shape index (κ3) is 5.22. The Morgan fingerprint density at radius 1 is 1.22 bits per heavy atom. The number of hydrogen-bond acceptors (Lipinski definition) is 7. The minimum atomic E-state index is -3.30. The Morgan fingerprint density at radius 2 is 1.91 bits per heavy atom. The number of ether oxygens (including phenoxy) is 1. The van der Waals surface area contributed by atoms with Crippen molar-refractivity contribution >= 4 is 27.4 Å². The van der Waals surface area contributed by atoms with E-state index in [0.29, 0.717) is 57.1 Å². The van der Waals surface area contributed by atoms with E-state index in [1.807, 2.05) is 31.2 Å². The van der Waals surface area contributed by atoms with Crippen molar-refractivity contribution < 1.29 is 18.1 Å². The molecule has 0 saturated carbocycles. The number of benzene rings is 1. The molecule has 0 radical (unpaired) electrons. The second-order valence-electron chi connectivity index (χ2n) is 8.54. The van der Waals surface area contributed by atoms with Gasteiger partial charge in [-0.15, -0.1) is 0 Å². The quantitative estimate of drug-likeness (QED) is 0.418. The molecule has 0 aliphatic carbocycles. The van der Waals surface area contributed by atoms with Gasteiger partial charge < -0.3 is 14.9 Å². The van der Waals surface area contributed by atoms with E-state index in [0.717, 1.165) is 5.56 Å². The van der Waals surface area contributed by atoms with E-state index < -0.39 is 20.5 Å². The number of nitro groups is 1. The van der Waals surface area contributed by atoms with Gasteiger partial charge in [-0.25, -0.2) is 8.42 Å². The van der Waals surface area contributed by atoms with Crippen LogP contribution in [0.15, 0.2) is 30.5 Å². The Bertz CT molecular complexity index is 1060. The molecule has 3 heterocycles. The van der Waals surface area contributed by atoms with Crippen LogP contribution in [0.4, 0.5) is 5.82 Å². The van der Waals surface area contributed by atoms with Gasteiger partial charge in [0.05, 0.1) is 12.3 Å². The van der Waals surface area contributed by atoms with Crippen LogP contribution in [0.1, 0.15) is 18.9 Å². The lowest BCUT2D eigenvalue weighted by atomic mass is 10.1. The standard InChI is InChI=1S/C20H26ClN5O5S/c1-20(15-24-13-18(26(27)28)22-19(24)31-20)14-23-8-10-25(11-9-23)32(29,30)12-2-3-16-4-6-17(21)7-5-16/h4-7,13H,2-3,8-12,14-15H2,1H3. The van der Waals surface area contributed by atoms with Crippen LogP contribution in [-0.4, -0.2) is 76.2 Å². The van der Waals surface area contributed by atoms with Gasteiger partial charge in [0.25, 0.3) is 0 Å². The van der Waals surface area contributed by atoms with E-state index in [2.05, 4.69) is 9.88 Å². The van der Waals surface area contributed by atoms with Crippen LogP contribution < -0.4 is 4.74 Å². The van der Waals surface area contributed by atoms with Crippen molar-refractivity contribution in [3.8, 4) is 6.01 Å². The highest BCUT2D eigenvalue weighted by Crippen LogP contribution is 2.31. The van der Waals surface area contributed by atoms with Crippen molar-refractivity contribution in [2.75, 3.05) is 38.5 Å². The van der Waals surface area contributed by atoms with Crippen LogP contribution in [0.3, 0.4) is 0 Å². The Morgan fingerprint density at radius 3 is 2.53 bits per heavy atom. The summed E-state index contributed by atoms with van der Waals surface area (Å²) in [6.45, 7) is 5.09. The van der Waals surface area contributed by atoms with Crippen molar-refractivity contribution in [2.24, 2.45) is 0 Å². The van der Waals surface area contributed by atoms with Crippen molar-refractivity contribution in [2.45, 2.75) is 31.9 Å². The maximum absolute atomic E-state index is 12.7. The number of sulfonamides is 1.